The average Bonchev–Trinajstić information content (AvgIpc) is 2.74. The van der Waals surface area contributed by atoms with Gasteiger partial charge in [0.05, 0.1) is 18.5 Å². The molecule has 20 heavy (non-hydrogen) atoms. The van der Waals surface area contributed by atoms with Gasteiger partial charge < -0.3 is 9.67 Å². The molecule has 0 unspecified atom stereocenters. The summed E-state index contributed by atoms with van der Waals surface area (Å²) in [6, 6.07) is 0. The van der Waals surface area contributed by atoms with E-state index in [1.165, 1.54) is 0 Å². The molecule has 2 aromatic rings. The van der Waals surface area contributed by atoms with E-state index in [9.17, 15) is 5.11 Å². The Kier molecular flexibility index (Phi) is 2.93. The summed E-state index contributed by atoms with van der Waals surface area (Å²) >= 11 is 0. The molecule has 2 heterocycles. The molecule has 0 atom stereocenters. The van der Waals surface area contributed by atoms with Crippen molar-refractivity contribution in [2.24, 2.45) is 0 Å². The fourth-order valence-corrected chi connectivity index (χ4v) is 2.66. The number of nitrogens with zero attached hydrogens (tertiary/aromatic N) is 5. The monoisotopic (exact) mass is 275 g/mol. The van der Waals surface area contributed by atoms with Crippen molar-refractivity contribution in [1.82, 2.24) is 24.3 Å². The van der Waals surface area contributed by atoms with Crippen LogP contribution >= 0.6 is 0 Å². The minimum absolute atomic E-state index is 0.0488. The standard InChI is InChI=1S/C14H21N5O/c1-11-16-12(19(17-11)8-13(2,3)20)14(4-5-14)9-18-7-6-15-10-18/h6-7,10,20H,4-5,8-9H2,1-3H3. The van der Waals surface area contributed by atoms with Gasteiger partial charge in [-0.2, -0.15) is 5.10 Å². The topological polar surface area (TPSA) is 68.8 Å². The van der Waals surface area contributed by atoms with Gasteiger partial charge in [-0.05, 0) is 33.6 Å². The Morgan fingerprint density at radius 1 is 1.40 bits per heavy atom. The summed E-state index contributed by atoms with van der Waals surface area (Å²) in [5.74, 6) is 1.76. The molecule has 0 saturated heterocycles. The number of aliphatic hydroxyl groups is 1. The van der Waals surface area contributed by atoms with E-state index in [-0.39, 0.29) is 5.41 Å². The molecule has 1 saturated carbocycles. The van der Waals surface area contributed by atoms with Crippen LogP contribution < -0.4 is 0 Å². The van der Waals surface area contributed by atoms with Crippen molar-refractivity contribution in [2.75, 3.05) is 0 Å². The normalized spacial score (nSPS) is 17.4. The van der Waals surface area contributed by atoms with Gasteiger partial charge in [-0.25, -0.2) is 14.6 Å². The molecule has 0 aromatic carbocycles. The highest BCUT2D eigenvalue weighted by atomic mass is 16.3. The predicted octanol–water partition coefficient (Wildman–Crippen LogP) is 1.29. The van der Waals surface area contributed by atoms with Crippen LogP contribution in [-0.2, 0) is 18.5 Å². The van der Waals surface area contributed by atoms with Gasteiger partial charge >= 0.3 is 0 Å². The Morgan fingerprint density at radius 3 is 2.70 bits per heavy atom. The summed E-state index contributed by atoms with van der Waals surface area (Å²) in [6.07, 6.45) is 7.82. The molecule has 0 aliphatic heterocycles. The average molecular weight is 275 g/mol. The number of hydrogen-bond acceptors (Lipinski definition) is 4. The lowest BCUT2D eigenvalue weighted by Gasteiger charge is -2.21. The third-order valence-corrected chi connectivity index (χ3v) is 3.69. The summed E-state index contributed by atoms with van der Waals surface area (Å²) in [6.45, 7) is 6.83. The molecule has 0 bridgehead atoms. The van der Waals surface area contributed by atoms with Gasteiger partial charge in [0.25, 0.3) is 0 Å². The van der Waals surface area contributed by atoms with Crippen LogP contribution in [0.15, 0.2) is 18.7 Å². The Bertz CT molecular complexity index is 590. The van der Waals surface area contributed by atoms with Crippen molar-refractivity contribution in [3.05, 3.63) is 30.4 Å². The van der Waals surface area contributed by atoms with E-state index in [1.807, 2.05) is 24.1 Å². The van der Waals surface area contributed by atoms with Gasteiger partial charge in [0, 0.05) is 24.4 Å². The van der Waals surface area contributed by atoms with Gasteiger partial charge in [-0.15, -0.1) is 0 Å². The van der Waals surface area contributed by atoms with Crippen LogP contribution in [0.2, 0.25) is 0 Å². The summed E-state index contributed by atoms with van der Waals surface area (Å²) in [7, 11) is 0. The first kappa shape index (κ1) is 13.3. The minimum Gasteiger partial charge on any atom is -0.389 e. The Morgan fingerprint density at radius 2 is 2.15 bits per heavy atom. The van der Waals surface area contributed by atoms with Gasteiger partial charge in [0.15, 0.2) is 0 Å². The maximum absolute atomic E-state index is 10.0. The molecule has 6 nitrogen and oxygen atoms in total. The lowest BCUT2D eigenvalue weighted by atomic mass is 10.1. The van der Waals surface area contributed by atoms with Crippen molar-refractivity contribution < 1.29 is 5.11 Å². The molecule has 0 amide bonds. The highest BCUT2D eigenvalue weighted by Crippen LogP contribution is 2.48. The molecule has 2 aromatic heterocycles. The molecule has 3 rings (SSSR count). The molecule has 1 aliphatic carbocycles. The smallest absolute Gasteiger partial charge is 0.147 e. The van der Waals surface area contributed by atoms with Crippen molar-refractivity contribution >= 4 is 0 Å². The van der Waals surface area contributed by atoms with E-state index >= 15 is 0 Å². The summed E-state index contributed by atoms with van der Waals surface area (Å²) in [4.78, 5) is 8.71. The maximum Gasteiger partial charge on any atom is 0.147 e. The van der Waals surface area contributed by atoms with E-state index in [1.54, 1.807) is 20.0 Å². The first-order chi connectivity index (χ1) is 9.38. The second kappa shape index (κ2) is 4.41. The molecule has 6 heteroatoms. The Hall–Kier alpha value is -1.69. The Labute approximate surface area is 118 Å². The van der Waals surface area contributed by atoms with E-state index in [0.29, 0.717) is 6.54 Å². The van der Waals surface area contributed by atoms with Crippen molar-refractivity contribution in [3.8, 4) is 0 Å². The van der Waals surface area contributed by atoms with E-state index in [4.69, 9.17) is 0 Å². The van der Waals surface area contributed by atoms with Crippen molar-refractivity contribution in [3.63, 3.8) is 0 Å². The molecular weight excluding hydrogens is 254 g/mol. The lowest BCUT2D eigenvalue weighted by Crippen LogP contribution is -2.30. The molecule has 1 N–H and O–H groups in total. The van der Waals surface area contributed by atoms with Crippen LogP contribution in [0.5, 0.6) is 0 Å². The van der Waals surface area contributed by atoms with E-state index in [2.05, 4.69) is 19.6 Å². The fourth-order valence-electron chi connectivity index (χ4n) is 2.66. The van der Waals surface area contributed by atoms with Crippen LogP contribution in [0, 0.1) is 6.92 Å². The van der Waals surface area contributed by atoms with Crippen LogP contribution in [-0.4, -0.2) is 35.0 Å². The molecule has 1 fully saturated rings. The first-order valence-electron chi connectivity index (χ1n) is 6.98. The quantitative estimate of drug-likeness (QED) is 0.892. The number of aryl methyl sites for hydroxylation is 1. The molecule has 0 radical (unpaired) electrons. The van der Waals surface area contributed by atoms with Crippen molar-refractivity contribution in [1.29, 1.82) is 0 Å². The zero-order valence-electron chi connectivity index (χ0n) is 12.2. The second-order valence-electron chi connectivity index (χ2n) is 6.47. The van der Waals surface area contributed by atoms with Crippen LogP contribution in [0.1, 0.15) is 38.3 Å². The van der Waals surface area contributed by atoms with Crippen LogP contribution in [0.25, 0.3) is 0 Å². The largest absolute Gasteiger partial charge is 0.389 e. The van der Waals surface area contributed by atoms with E-state index in [0.717, 1.165) is 31.0 Å². The third-order valence-electron chi connectivity index (χ3n) is 3.69. The highest BCUT2D eigenvalue weighted by molar-refractivity contribution is 5.19. The fraction of sp³-hybridized carbons (Fsp3) is 0.643. The minimum atomic E-state index is -0.792. The third kappa shape index (κ3) is 2.60. The van der Waals surface area contributed by atoms with Gasteiger partial charge in [0.1, 0.15) is 11.6 Å². The molecule has 0 spiro atoms. The molecule has 1 aliphatic rings. The summed E-state index contributed by atoms with van der Waals surface area (Å²) in [5.41, 5.74) is -0.743. The zero-order chi connectivity index (χ0) is 14.4. The molecule has 108 valence electrons. The van der Waals surface area contributed by atoms with E-state index < -0.39 is 5.60 Å². The van der Waals surface area contributed by atoms with Gasteiger partial charge in [0.2, 0.25) is 0 Å². The zero-order valence-corrected chi connectivity index (χ0v) is 12.2. The maximum atomic E-state index is 10.0. The SMILES string of the molecule is Cc1nc(C2(Cn3ccnc3)CC2)n(CC(C)(C)O)n1. The second-order valence-corrected chi connectivity index (χ2v) is 6.47. The molecular formula is C14H21N5O. The number of imidazole rings is 1. The number of rotatable bonds is 5. The van der Waals surface area contributed by atoms with Crippen molar-refractivity contribution in [2.45, 2.75) is 57.7 Å². The van der Waals surface area contributed by atoms with Gasteiger partial charge in [-0.3, -0.25) is 0 Å². The van der Waals surface area contributed by atoms with Crippen LogP contribution in [0.3, 0.4) is 0 Å². The highest BCUT2D eigenvalue weighted by Gasteiger charge is 2.49. The lowest BCUT2D eigenvalue weighted by molar-refractivity contribution is 0.0558. The summed E-state index contributed by atoms with van der Waals surface area (Å²) in [5, 5.41) is 14.5. The summed E-state index contributed by atoms with van der Waals surface area (Å²) < 4.78 is 3.96. The number of aromatic nitrogens is 5. The first-order valence-corrected chi connectivity index (χ1v) is 6.98. The van der Waals surface area contributed by atoms with Gasteiger partial charge in [-0.1, -0.05) is 0 Å². The predicted molar refractivity (Wildman–Crippen MR) is 74.2 cm³/mol. The Balaban J connectivity index is 1.89. The number of hydrogen-bond donors (Lipinski definition) is 1. The van der Waals surface area contributed by atoms with Crippen LogP contribution in [0.4, 0.5) is 0 Å².